The van der Waals surface area contributed by atoms with Crippen molar-refractivity contribution in [2.24, 2.45) is 5.92 Å². The van der Waals surface area contributed by atoms with Crippen molar-refractivity contribution in [3.63, 3.8) is 0 Å². The quantitative estimate of drug-likeness (QED) is 0.679. The minimum Gasteiger partial charge on any atom is -0.490 e. The molecule has 1 aromatic rings. The van der Waals surface area contributed by atoms with Gasteiger partial charge in [-0.1, -0.05) is 6.92 Å². The number of ether oxygens (including phenoxy) is 3. The average molecular weight is 430 g/mol. The third-order valence-electron chi connectivity index (χ3n) is 6.08. The number of hydrogen-bond acceptors (Lipinski definition) is 6. The molecular weight excluding hydrogens is 398 g/mol. The minimum absolute atomic E-state index is 0.0143. The molecule has 0 N–H and O–H groups in total. The van der Waals surface area contributed by atoms with Gasteiger partial charge in [-0.25, -0.2) is 0 Å². The van der Waals surface area contributed by atoms with E-state index >= 15 is 0 Å². The molecule has 2 amide bonds. The summed E-state index contributed by atoms with van der Waals surface area (Å²) >= 11 is 0. The van der Waals surface area contributed by atoms with Gasteiger partial charge in [0.1, 0.15) is 18.5 Å². The highest BCUT2D eigenvalue weighted by Gasteiger charge is 2.33. The van der Waals surface area contributed by atoms with E-state index in [2.05, 4.69) is 6.07 Å². The first-order valence-corrected chi connectivity index (χ1v) is 10.7. The zero-order valence-electron chi connectivity index (χ0n) is 18.7. The van der Waals surface area contributed by atoms with Crippen molar-refractivity contribution >= 4 is 11.8 Å². The molecule has 168 valence electrons. The molecule has 3 rings (SSSR count). The summed E-state index contributed by atoms with van der Waals surface area (Å²) in [6.45, 7) is 2.91. The summed E-state index contributed by atoms with van der Waals surface area (Å²) in [5.41, 5.74) is 0.667. The van der Waals surface area contributed by atoms with Crippen molar-refractivity contribution in [3.05, 3.63) is 29.3 Å². The molecule has 2 heterocycles. The average Bonchev–Trinajstić information content (AvgIpc) is 2.79. The smallest absolute Gasteiger partial charge is 0.257 e. The predicted octanol–water partition coefficient (Wildman–Crippen LogP) is 2.07. The first kappa shape index (κ1) is 23.0. The van der Waals surface area contributed by atoms with Crippen molar-refractivity contribution in [2.75, 3.05) is 40.9 Å². The number of rotatable bonds is 1. The summed E-state index contributed by atoms with van der Waals surface area (Å²) in [6, 6.07) is 6.86. The van der Waals surface area contributed by atoms with E-state index < -0.39 is 0 Å². The standard InChI is InChI=1S/C23H31N3O5/c1-15-13-26(3)23(28)18-11-16(12-24)5-7-19(18)30-14-21-20(29-4)8-6-17(31-21)9-10-25(2)22(15)27/h5,7,11,15,17,20-21H,6,8-10,13-14H2,1-4H3/t15-,17+,20+,21-/m1/s1. The van der Waals surface area contributed by atoms with Gasteiger partial charge in [-0.15, -0.1) is 0 Å². The number of amides is 2. The molecule has 4 atom stereocenters. The Morgan fingerprint density at radius 1 is 1.16 bits per heavy atom. The van der Waals surface area contributed by atoms with Crippen LogP contribution in [0.25, 0.3) is 0 Å². The molecule has 0 radical (unpaired) electrons. The molecule has 0 spiro atoms. The summed E-state index contributed by atoms with van der Waals surface area (Å²) in [5, 5.41) is 9.29. The van der Waals surface area contributed by atoms with E-state index in [1.54, 1.807) is 38.2 Å². The van der Waals surface area contributed by atoms with Gasteiger partial charge < -0.3 is 24.0 Å². The Bertz CT molecular complexity index is 852. The largest absolute Gasteiger partial charge is 0.490 e. The topological polar surface area (TPSA) is 92.1 Å². The van der Waals surface area contributed by atoms with Gasteiger partial charge in [0.25, 0.3) is 5.91 Å². The molecule has 1 aromatic carbocycles. The fourth-order valence-corrected chi connectivity index (χ4v) is 4.23. The van der Waals surface area contributed by atoms with Gasteiger partial charge in [0.15, 0.2) is 0 Å². The summed E-state index contributed by atoms with van der Waals surface area (Å²) in [5.74, 6) is -0.276. The number of benzene rings is 1. The SMILES string of the molecule is CO[C@H]1CC[C@H]2CCN(C)C(=O)[C@H](C)CN(C)C(=O)c3cc(C#N)ccc3OC[C@H]1O2. The van der Waals surface area contributed by atoms with Crippen LogP contribution in [0.5, 0.6) is 5.75 Å². The molecule has 2 aliphatic rings. The Balaban J connectivity index is 1.94. The lowest BCUT2D eigenvalue weighted by atomic mass is 9.99. The molecule has 0 aromatic heterocycles. The molecular formula is C23H31N3O5. The maximum atomic E-state index is 13.2. The predicted molar refractivity (Wildman–Crippen MR) is 114 cm³/mol. The van der Waals surface area contributed by atoms with E-state index in [1.165, 1.54) is 11.0 Å². The monoisotopic (exact) mass is 429 g/mol. The number of carbonyl (C=O) groups excluding carboxylic acids is 2. The lowest BCUT2D eigenvalue weighted by molar-refractivity contribution is -0.146. The number of hydrogen-bond donors (Lipinski definition) is 0. The Kier molecular flexibility index (Phi) is 7.52. The van der Waals surface area contributed by atoms with E-state index in [1.807, 2.05) is 6.92 Å². The van der Waals surface area contributed by atoms with Crippen molar-refractivity contribution < 1.29 is 23.8 Å². The van der Waals surface area contributed by atoms with E-state index in [9.17, 15) is 14.9 Å². The van der Waals surface area contributed by atoms with Crippen LogP contribution in [0, 0.1) is 17.2 Å². The third kappa shape index (κ3) is 5.35. The lowest BCUT2D eigenvalue weighted by Gasteiger charge is -2.36. The highest BCUT2D eigenvalue weighted by molar-refractivity contribution is 5.97. The van der Waals surface area contributed by atoms with Crippen molar-refractivity contribution in [3.8, 4) is 11.8 Å². The Morgan fingerprint density at radius 2 is 1.94 bits per heavy atom. The number of nitriles is 1. The van der Waals surface area contributed by atoms with Crippen LogP contribution >= 0.6 is 0 Å². The second kappa shape index (κ2) is 10.1. The van der Waals surface area contributed by atoms with Crippen molar-refractivity contribution in [2.45, 2.75) is 44.5 Å². The molecule has 1 saturated heterocycles. The summed E-state index contributed by atoms with van der Waals surface area (Å²) in [6.07, 6.45) is 2.05. The van der Waals surface area contributed by atoms with Crippen LogP contribution in [0.3, 0.4) is 0 Å². The third-order valence-corrected chi connectivity index (χ3v) is 6.08. The van der Waals surface area contributed by atoms with Crippen LogP contribution in [0.2, 0.25) is 0 Å². The second-order valence-corrected chi connectivity index (χ2v) is 8.42. The Morgan fingerprint density at radius 3 is 2.65 bits per heavy atom. The van der Waals surface area contributed by atoms with Crippen LogP contribution in [-0.4, -0.2) is 80.8 Å². The molecule has 8 nitrogen and oxygen atoms in total. The first-order chi connectivity index (χ1) is 14.8. The van der Waals surface area contributed by atoms with Gasteiger partial charge in [-0.2, -0.15) is 5.26 Å². The highest BCUT2D eigenvalue weighted by atomic mass is 16.6. The molecule has 8 heteroatoms. The molecule has 0 aliphatic carbocycles. The number of nitrogens with zero attached hydrogens (tertiary/aromatic N) is 3. The fourth-order valence-electron chi connectivity index (χ4n) is 4.23. The molecule has 0 saturated carbocycles. The van der Waals surface area contributed by atoms with Gasteiger partial charge in [-0.3, -0.25) is 9.59 Å². The van der Waals surface area contributed by atoms with Gasteiger partial charge in [-0.05, 0) is 37.5 Å². The maximum Gasteiger partial charge on any atom is 0.257 e. The Labute approximate surface area is 183 Å². The van der Waals surface area contributed by atoms with Crippen LogP contribution in [0.15, 0.2) is 18.2 Å². The van der Waals surface area contributed by atoms with Crippen LogP contribution in [0.1, 0.15) is 42.1 Å². The fraction of sp³-hybridized carbons (Fsp3) is 0.609. The van der Waals surface area contributed by atoms with E-state index in [0.717, 1.165) is 19.3 Å². The molecule has 31 heavy (non-hydrogen) atoms. The van der Waals surface area contributed by atoms with Gasteiger partial charge in [0.05, 0.1) is 35.3 Å². The number of carbonyl (C=O) groups is 2. The highest BCUT2D eigenvalue weighted by Crippen LogP contribution is 2.27. The zero-order valence-corrected chi connectivity index (χ0v) is 18.7. The van der Waals surface area contributed by atoms with Gasteiger partial charge in [0.2, 0.25) is 5.91 Å². The minimum atomic E-state index is -0.356. The van der Waals surface area contributed by atoms with Crippen molar-refractivity contribution in [1.82, 2.24) is 9.80 Å². The van der Waals surface area contributed by atoms with Crippen molar-refractivity contribution in [1.29, 1.82) is 5.26 Å². The van der Waals surface area contributed by atoms with Gasteiger partial charge >= 0.3 is 0 Å². The molecule has 1 fully saturated rings. The van der Waals surface area contributed by atoms with E-state index in [4.69, 9.17) is 14.2 Å². The Hall–Kier alpha value is -2.63. The first-order valence-electron chi connectivity index (χ1n) is 10.7. The number of fused-ring (bicyclic) bond motifs is 3. The lowest BCUT2D eigenvalue weighted by Crippen LogP contribution is -2.44. The molecule has 2 aliphatic heterocycles. The summed E-state index contributed by atoms with van der Waals surface area (Å²) < 4.78 is 17.9. The summed E-state index contributed by atoms with van der Waals surface area (Å²) in [7, 11) is 5.10. The van der Waals surface area contributed by atoms with Crippen LogP contribution in [0.4, 0.5) is 0 Å². The van der Waals surface area contributed by atoms with E-state index in [-0.39, 0.29) is 49.2 Å². The van der Waals surface area contributed by atoms with Crippen LogP contribution < -0.4 is 4.74 Å². The molecule has 2 bridgehead atoms. The summed E-state index contributed by atoms with van der Waals surface area (Å²) in [4.78, 5) is 29.2. The molecule has 0 unspecified atom stereocenters. The second-order valence-electron chi connectivity index (χ2n) is 8.42. The van der Waals surface area contributed by atoms with Crippen LogP contribution in [-0.2, 0) is 14.3 Å². The van der Waals surface area contributed by atoms with Gasteiger partial charge in [0, 0.05) is 34.3 Å². The number of methoxy groups -OCH3 is 1. The van der Waals surface area contributed by atoms with E-state index in [0.29, 0.717) is 23.4 Å². The normalized spacial score (nSPS) is 28.1. The maximum absolute atomic E-state index is 13.2. The zero-order chi connectivity index (χ0) is 22.5.